The van der Waals surface area contributed by atoms with Crippen LogP contribution >= 0.6 is 11.6 Å². The third-order valence-corrected chi connectivity index (χ3v) is 3.97. The van der Waals surface area contributed by atoms with Gasteiger partial charge in [0.25, 0.3) is 0 Å². The SMILES string of the molecule is Clc1ccc(CN2CCN(N=Cc3cccnc3)CC2)cc1. The molecular weight excluding hydrogens is 296 g/mol. The van der Waals surface area contributed by atoms with Crippen LogP contribution in [0.3, 0.4) is 0 Å². The van der Waals surface area contributed by atoms with Crippen LogP contribution in [0.1, 0.15) is 11.1 Å². The summed E-state index contributed by atoms with van der Waals surface area (Å²) < 4.78 is 0. The molecule has 0 atom stereocenters. The van der Waals surface area contributed by atoms with Gasteiger partial charge in [0, 0.05) is 55.7 Å². The Morgan fingerprint density at radius 3 is 2.55 bits per heavy atom. The molecular formula is C17H19ClN4. The fourth-order valence-corrected chi connectivity index (χ4v) is 2.59. The molecule has 3 rings (SSSR count). The topological polar surface area (TPSA) is 31.7 Å². The molecule has 1 aliphatic heterocycles. The van der Waals surface area contributed by atoms with E-state index in [0.29, 0.717) is 0 Å². The van der Waals surface area contributed by atoms with E-state index in [1.165, 1.54) is 5.56 Å². The standard InChI is InChI=1S/C17H19ClN4/c18-17-5-3-15(4-6-17)14-21-8-10-22(11-9-21)20-13-16-2-1-7-19-12-16/h1-7,12-13H,8-11,14H2. The summed E-state index contributed by atoms with van der Waals surface area (Å²) in [5, 5.41) is 7.44. The van der Waals surface area contributed by atoms with Gasteiger partial charge in [0.1, 0.15) is 0 Å². The molecule has 5 heteroatoms. The van der Waals surface area contributed by atoms with E-state index in [-0.39, 0.29) is 0 Å². The van der Waals surface area contributed by atoms with Gasteiger partial charge in [-0.25, -0.2) is 0 Å². The smallest absolute Gasteiger partial charge is 0.0558 e. The minimum Gasteiger partial charge on any atom is -0.295 e. The van der Waals surface area contributed by atoms with Crippen LogP contribution in [0, 0.1) is 0 Å². The molecule has 0 saturated carbocycles. The molecule has 4 nitrogen and oxygen atoms in total. The van der Waals surface area contributed by atoms with Gasteiger partial charge in [0.15, 0.2) is 0 Å². The average molecular weight is 315 g/mol. The zero-order valence-electron chi connectivity index (χ0n) is 12.4. The third kappa shape index (κ3) is 4.29. The predicted molar refractivity (Wildman–Crippen MR) is 90.1 cm³/mol. The summed E-state index contributed by atoms with van der Waals surface area (Å²) in [7, 11) is 0. The molecule has 1 saturated heterocycles. The molecule has 0 bridgehead atoms. The molecule has 0 radical (unpaired) electrons. The Hall–Kier alpha value is -1.91. The van der Waals surface area contributed by atoms with Gasteiger partial charge in [-0.2, -0.15) is 5.10 Å². The number of nitrogens with zero attached hydrogens (tertiary/aromatic N) is 4. The molecule has 1 aromatic carbocycles. The van der Waals surface area contributed by atoms with Crippen LogP contribution in [0.15, 0.2) is 53.9 Å². The lowest BCUT2D eigenvalue weighted by atomic mass is 10.2. The monoisotopic (exact) mass is 314 g/mol. The Bertz CT molecular complexity index is 604. The van der Waals surface area contributed by atoms with Crippen molar-refractivity contribution >= 4 is 17.8 Å². The number of hydrogen-bond acceptors (Lipinski definition) is 4. The van der Waals surface area contributed by atoms with Crippen molar-refractivity contribution in [2.45, 2.75) is 6.54 Å². The zero-order valence-corrected chi connectivity index (χ0v) is 13.2. The maximum atomic E-state index is 5.92. The fourth-order valence-electron chi connectivity index (χ4n) is 2.46. The van der Waals surface area contributed by atoms with Gasteiger partial charge in [0.05, 0.1) is 6.21 Å². The lowest BCUT2D eigenvalue weighted by Gasteiger charge is -2.33. The van der Waals surface area contributed by atoms with E-state index in [1.807, 2.05) is 36.7 Å². The van der Waals surface area contributed by atoms with Crippen molar-refractivity contribution in [2.24, 2.45) is 5.10 Å². The highest BCUT2D eigenvalue weighted by atomic mass is 35.5. The highest BCUT2D eigenvalue weighted by molar-refractivity contribution is 6.30. The molecule has 0 unspecified atom stereocenters. The lowest BCUT2D eigenvalue weighted by Crippen LogP contribution is -2.43. The third-order valence-electron chi connectivity index (χ3n) is 3.72. The number of halogens is 1. The quantitative estimate of drug-likeness (QED) is 0.813. The molecule has 114 valence electrons. The zero-order chi connectivity index (χ0) is 15.2. The van der Waals surface area contributed by atoms with Gasteiger partial charge in [0.2, 0.25) is 0 Å². The van der Waals surface area contributed by atoms with Crippen LogP contribution < -0.4 is 0 Å². The van der Waals surface area contributed by atoms with Crippen LogP contribution in [0.25, 0.3) is 0 Å². The lowest BCUT2D eigenvalue weighted by molar-refractivity contribution is 0.131. The number of rotatable bonds is 4. The number of hydrazone groups is 1. The Morgan fingerprint density at radius 2 is 1.86 bits per heavy atom. The van der Waals surface area contributed by atoms with Crippen molar-refractivity contribution in [3.05, 3.63) is 64.9 Å². The second kappa shape index (κ2) is 7.38. The molecule has 1 aromatic heterocycles. The molecule has 0 spiro atoms. The summed E-state index contributed by atoms with van der Waals surface area (Å²) in [6.45, 7) is 4.91. The first-order valence-electron chi connectivity index (χ1n) is 7.45. The summed E-state index contributed by atoms with van der Waals surface area (Å²) in [5.41, 5.74) is 2.34. The van der Waals surface area contributed by atoms with E-state index in [4.69, 9.17) is 11.6 Å². The van der Waals surface area contributed by atoms with Crippen molar-refractivity contribution in [3.8, 4) is 0 Å². The first kappa shape index (κ1) is 15.0. The van der Waals surface area contributed by atoms with Crippen LogP contribution in [0.5, 0.6) is 0 Å². The van der Waals surface area contributed by atoms with E-state index < -0.39 is 0 Å². The molecule has 1 aliphatic rings. The van der Waals surface area contributed by atoms with Crippen LogP contribution in [0.2, 0.25) is 5.02 Å². The van der Waals surface area contributed by atoms with Gasteiger partial charge < -0.3 is 0 Å². The first-order valence-corrected chi connectivity index (χ1v) is 7.83. The highest BCUT2D eigenvalue weighted by Crippen LogP contribution is 2.13. The van der Waals surface area contributed by atoms with Gasteiger partial charge >= 0.3 is 0 Å². The first-order chi connectivity index (χ1) is 10.8. The predicted octanol–water partition coefficient (Wildman–Crippen LogP) is 2.89. The van der Waals surface area contributed by atoms with E-state index in [9.17, 15) is 0 Å². The Kier molecular flexibility index (Phi) is 5.03. The van der Waals surface area contributed by atoms with E-state index in [1.54, 1.807) is 6.20 Å². The minimum absolute atomic E-state index is 0.790. The molecule has 1 fully saturated rings. The van der Waals surface area contributed by atoms with E-state index >= 15 is 0 Å². The van der Waals surface area contributed by atoms with Gasteiger partial charge in [-0.05, 0) is 23.8 Å². The molecule has 2 aromatic rings. The van der Waals surface area contributed by atoms with Crippen molar-refractivity contribution < 1.29 is 0 Å². The van der Waals surface area contributed by atoms with Crippen molar-refractivity contribution in [2.75, 3.05) is 26.2 Å². The van der Waals surface area contributed by atoms with Gasteiger partial charge in [-0.3, -0.25) is 14.9 Å². The Labute approximate surface area is 136 Å². The van der Waals surface area contributed by atoms with Crippen LogP contribution in [0.4, 0.5) is 0 Å². The normalized spacial score (nSPS) is 16.3. The fraction of sp³-hybridized carbons (Fsp3) is 0.294. The summed E-state index contributed by atoms with van der Waals surface area (Å²) >= 11 is 5.92. The maximum Gasteiger partial charge on any atom is 0.0558 e. The number of hydrogen-bond donors (Lipinski definition) is 0. The van der Waals surface area contributed by atoms with E-state index in [2.05, 4.69) is 32.1 Å². The van der Waals surface area contributed by atoms with E-state index in [0.717, 1.165) is 43.3 Å². The summed E-state index contributed by atoms with van der Waals surface area (Å²) in [4.78, 5) is 6.53. The van der Waals surface area contributed by atoms with Crippen LogP contribution in [-0.2, 0) is 6.54 Å². The summed E-state index contributed by atoms with van der Waals surface area (Å²) in [6.07, 6.45) is 5.47. The number of benzene rings is 1. The van der Waals surface area contributed by atoms with Gasteiger partial charge in [-0.15, -0.1) is 0 Å². The molecule has 2 heterocycles. The summed E-state index contributed by atoms with van der Waals surface area (Å²) in [5.74, 6) is 0. The van der Waals surface area contributed by atoms with Crippen molar-refractivity contribution in [1.82, 2.24) is 14.9 Å². The molecule has 0 N–H and O–H groups in total. The Morgan fingerprint density at radius 1 is 1.09 bits per heavy atom. The number of pyridine rings is 1. The highest BCUT2D eigenvalue weighted by Gasteiger charge is 2.15. The average Bonchev–Trinajstić information content (AvgIpc) is 2.57. The molecule has 0 amide bonds. The maximum absolute atomic E-state index is 5.92. The van der Waals surface area contributed by atoms with Crippen molar-refractivity contribution in [1.29, 1.82) is 0 Å². The van der Waals surface area contributed by atoms with Gasteiger partial charge in [-0.1, -0.05) is 29.8 Å². The minimum atomic E-state index is 0.790. The number of piperazine rings is 1. The largest absolute Gasteiger partial charge is 0.295 e. The second-order valence-corrected chi connectivity index (χ2v) is 5.82. The van der Waals surface area contributed by atoms with Crippen LogP contribution in [-0.4, -0.2) is 47.3 Å². The molecule has 22 heavy (non-hydrogen) atoms. The van der Waals surface area contributed by atoms with Crippen molar-refractivity contribution in [3.63, 3.8) is 0 Å². The summed E-state index contributed by atoms with van der Waals surface area (Å²) in [6, 6.07) is 12.0. The molecule has 0 aliphatic carbocycles. The second-order valence-electron chi connectivity index (χ2n) is 5.39. The number of aromatic nitrogens is 1. The Balaban J connectivity index is 1.48.